The Bertz CT molecular complexity index is 758. The molecule has 2 aromatic rings. The molecule has 27 heavy (non-hydrogen) atoms. The molecule has 1 saturated heterocycles. The first kappa shape index (κ1) is 19.6. The Morgan fingerprint density at radius 1 is 1.26 bits per heavy atom. The van der Waals surface area contributed by atoms with Crippen molar-refractivity contribution >= 4 is 29.0 Å². The van der Waals surface area contributed by atoms with Crippen molar-refractivity contribution in [2.45, 2.75) is 32.7 Å². The molecule has 0 radical (unpaired) electrons. The van der Waals surface area contributed by atoms with E-state index in [1.165, 1.54) is 12.8 Å². The van der Waals surface area contributed by atoms with Crippen molar-refractivity contribution in [2.24, 2.45) is 5.92 Å². The molecule has 1 aliphatic rings. The maximum absolute atomic E-state index is 12.7. The summed E-state index contributed by atoms with van der Waals surface area (Å²) in [5.74, 6) is 0.921. The number of nitrogens with zero attached hydrogens (tertiary/aromatic N) is 2. The lowest BCUT2D eigenvalue weighted by Crippen LogP contribution is -2.39. The second kappa shape index (κ2) is 9.20. The van der Waals surface area contributed by atoms with E-state index in [0.717, 1.165) is 25.3 Å². The van der Waals surface area contributed by atoms with Gasteiger partial charge in [-0.25, -0.2) is 4.98 Å². The van der Waals surface area contributed by atoms with Crippen molar-refractivity contribution in [1.82, 2.24) is 9.88 Å². The highest BCUT2D eigenvalue weighted by molar-refractivity contribution is 6.31. The maximum atomic E-state index is 12.7. The number of amides is 1. The normalized spacial score (nSPS) is 15.7. The fourth-order valence-electron chi connectivity index (χ4n) is 3.41. The van der Waals surface area contributed by atoms with Crippen molar-refractivity contribution < 1.29 is 4.79 Å². The van der Waals surface area contributed by atoms with Gasteiger partial charge in [0.25, 0.3) is 5.91 Å². The van der Waals surface area contributed by atoms with Crippen LogP contribution in [-0.4, -0.2) is 41.5 Å². The van der Waals surface area contributed by atoms with Crippen LogP contribution in [0.1, 0.15) is 37.0 Å². The molecule has 1 amide bonds. The van der Waals surface area contributed by atoms with E-state index in [2.05, 4.69) is 34.4 Å². The predicted octanol–water partition coefficient (Wildman–Crippen LogP) is 4.52. The highest BCUT2D eigenvalue weighted by Gasteiger charge is 2.21. The van der Waals surface area contributed by atoms with E-state index in [0.29, 0.717) is 28.4 Å². The number of likely N-dealkylation sites (tertiary alicyclic amines) is 1. The number of pyridine rings is 1. The number of carbonyl (C=O) groups excluding carboxylic acids is 1. The van der Waals surface area contributed by atoms with Gasteiger partial charge in [0.05, 0.1) is 5.56 Å². The third-order valence-electron chi connectivity index (χ3n) is 5.09. The highest BCUT2D eigenvalue weighted by atomic mass is 35.5. The van der Waals surface area contributed by atoms with Crippen LogP contribution in [0.3, 0.4) is 0 Å². The van der Waals surface area contributed by atoms with Crippen molar-refractivity contribution in [3.05, 3.63) is 53.2 Å². The van der Waals surface area contributed by atoms with E-state index >= 15 is 0 Å². The standard InChI is InChI=1S/C21H27ClN4O/c1-15(2)26-11-8-16(9-12-26)14-24-19-7-6-17(22)13-18(19)21(27)25-20-5-3-4-10-23-20/h3-7,10,13,15-16,24H,8-9,11-12,14H2,1-2H3,(H,23,25,27). The number of carbonyl (C=O) groups is 1. The quantitative estimate of drug-likeness (QED) is 0.766. The average Bonchev–Trinajstić information content (AvgIpc) is 2.68. The van der Waals surface area contributed by atoms with E-state index in [1.54, 1.807) is 18.3 Å². The summed E-state index contributed by atoms with van der Waals surface area (Å²) < 4.78 is 0. The van der Waals surface area contributed by atoms with E-state index < -0.39 is 0 Å². The Hall–Kier alpha value is -2.11. The third-order valence-corrected chi connectivity index (χ3v) is 5.33. The first-order chi connectivity index (χ1) is 13.0. The monoisotopic (exact) mass is 386 g/mol. The minimum absolute atomic E-state index is 0.215. The van der Waals surface area contributed by atoms with Crippen molar-refractivity contribution in [3.8, 4) is 0 Å². The zero-order valence-electron chi connectivity index (χ0n) is 15.9. The van der Waals surface area contributed by atoms with E-state index in [1.807, 2.05) is 24.3 Å². The maximum Gasteiger partial charge on any atom is 0.258 e. The molecule has 5 nitrogen and oxygen atoms in total. The highest BCUT2D eigenvalue weighted by Crippen LogP contribution is 2.24. The van der Waals surface area contributed by atoms with Gasteiger partial charge in [-0.15, -0.1) is 0 Å². The SMILES string of the molecule is CC(C)N1CCC(CNc2ccc(Cl)cc2C(=O)Nc2ccccn2)CC1. The Labute approximate surface area is 166 Å². The van der Waals surface area contributed by atoms with Crippen LogP contribution in [0, 0.1) is 5.92 Å². The van der Waals surface area contributed by atoms with Crippen molar-refractivity contribution in [3.63, 3.8) is 0 Å². The summed E-state index contributed by atoms with van der Waals surface area (Å²) in [6.07, 6.45) is 4.00. The van der Waals surface area contributed by atoms with Gasteiger partial charge >= 0.3 is 0 Å². The molecule has 0 spiro atoms. The van der Waals surface area contributed by atoms with Crippen LogP contribution in [0.4, 0.5) is 11.5 Å². The van der Waals surface area contributed by atoms with E-state index in [-0.39, 0.29) is 5.91 Å². The molecule has 3 rings (SSSR count). The Morgan fingerprint density at radius 2 is 2.04 bits per heavy atom. The number of rotatable bonds is 6. The minimum Gasteiger partial charge on any atom is -0.384 e. The molecule has 0 aliphatic carbocycles. The number of piperidine rings is 1. The molecular weight excluding hydrogens is 360 g/mol. The van der Waals surface area contributed by atoms with Crippen molar-refractivity contribution in [2.75, 3.05) is 30.3 Å². The number of anilines is 2. The summed E-state index contributed by atoms with van der Waals surface area (Å²) in [5, 5.41) is 6.83. The van der Waals surface area contributed by atoms with Gasteiger partial charge in [-0.2, -0.15) is 0 Å². The third kappa shape index (κ3) is 5.44. The summed E-state index contributed by atoms with van der Waals surface area (Å²) in [5.41, 5.74) is 1.34. The van der Waals surface area contributed by atoms with Gasteiger partial charge in [0, 0.05) is 29.5 Å². The molecule has 6 heteroatoms. The van der Waals surface area contributed by atoms with Crippen molar-refractivity contribution in [1.29, 1.82) is 0 Å². The van der Waals surface area contributed by atoms with Gasteiger partial charge in [-0.1, -0.05) is 17.7 Å². The van der Waals surface area contributed by atoms with Crippen LogP contribution in [-0.2, 0) is 0 Å². The zero-order valence-corrected chi connectivity index (χ0v) is 16.7. The van der Waals surface area contributed by atoms with Crippen LogP contribution in [0.5, 0.6) is 0 Å². The molecule has 144 valence electrons. The average molecular weight is 387 g/mol. The van der Waals surface area contributed by atoms with Crippen LogP contribution in [0.2, 0.25) is 5.02 Å². The number of hydrogen-bond donors (Lipinski definition) is 2. The van der Waals surface area contributed by atoms with E-state index in [9.17, 15) is 4.79 Å². The van der Waals surface area contributed by atoms with Gasteiger partial charge in [0.1, 0.15) is 5.82 Å². The molecule has 2 N–H and O–H groups in total. The lowest BCUT2D eigenvalue weighted by atomic mass is 9.95. The molecule has 1 aromatic carbocycles. The molecule has 1 aliphatic heterocycles. The molecule has 0 unspecified atom stereocenters. The summed E-state index contributed by atoms with van der Waals surface area (Å²) in [7, 11) is 0. The van der Waals surface area contributed by atoms with Gasteiger partial charge in [-0.05, 0) is 76.0 Å². The minimum atomic E-state index is -0.215. The Morgan fingerprint density at radius 3 is 2.70 bits per heavy atom. The van der Waals surface area contributed by atoms with Gasteiger partial charge in [0.15, 0.2) is 0 Å². The molecule has 0 saturated carbocycles. The van der Waals surface area contributed by atoms with Gasteiger partial charge in [0.2, 0.25) is 0 Å². The number of nitrogens with one attached hydrogen (secondary N) is 2. The molecule has 0 bridgehead atoms. The molecular formula is C21H27ClN4O. The number of hydrogen-bond acceptors (Lipinski definition) is 4. The molecule has 1 fully saturated rings. The summed E-state index contributed by atoms with van der Waals surface area (Å²) in [4.78, 5) is 19.4. The topological polar surface area (TPSA) is 57.3 Å². The fraction of sp³-hybridized carbons (Fsp3) is 0.429. The Kier molecular flexibility index (Phi) is 6.69. The van der Waals surface area contributed by atoms with Crippen LogP contribution < -0.4 is 10.6 Å². The van der Waals surface area contributed by atoms with Crippen LogP contribution >= 0.6 is 11.6 Å². The lowest BCUT2D eigenvalue weighted by molar-refractivity contribution is 0.102. The lowest BCUT2D eigenvalue weighted by Gasteiger charge is -2.34. The fourth-order valence-corrected chi connectivity index (χ4v) is 3.58. The first-order valence-corrected chi connectivity index (χ1v) is 9.90. The van der Waals surface area contributed by atoms with Crippen LogP contribution in [0.25, 0.3) is 0 Å². The second-order valence-corrected chi connectivity index (χ2v) is 7.75. The van der Waals surface area contributed by atoms with Gasteiger partial charge < -0.3 is 15.5 Å². The Balaban J connectivity index is 1.63. The largest absolute Gasteiger partial charge is 0.384 e. The van der Waals surface area contributed by atoms with E-state index in [4.69, 9.17) is 11.6 Å². The first-order valence-electron chi connectivity index (χ1n) is 9.53. The predicted molar refractivity (Wildman–Crippen MR) is 112 cm³/mol. The number of halogens is 1. The van der Waals surface area contributed by atoms with Crippen LogP contribution in [0.15, 0.2) is 42.6 Å². The molecule has 2 heterocycles. The molecule has 1 aromatic heterocycles. The van der Waals surface area contributed by atoms with Gasteiger partial charge in [-0.3, -0.25) is 4.79 Å². The summed E-state index contributed by atoms with van der Waals surface area (Å²) in [6, 6.07) is 11.4. The number of aromatic nitrogens is 1. The second-order valence-electron chi connectivity index (χ2n) is 7.31. The molecule has 0 atom stereocenters. The zero-order chi connectivity index (χ0) is 19.2. The summed E-state index contributed by atoms with van der Waals surface area (Å²) in [6.45, 7) is 7.63. The number of benzene rings is 1. The summed E-state index contributed by atoms with van der Waals surface area (Å²) >= 11 is 6.13. The smallest absolute Gasteiger partial charge is 0.258 e.